The fourth-order valence-electron chi connectivity index (χ4n) is 4.04. The van der Waals surface area contributed by atoms with Gasteiger partial charge in [-0.2, -0.15) is 4.37 Å². The fourth-order valence-corrected chi connectivity index (χ4v) is 4.76. The van der Waals surface area contributed by atoms with Gasteiger partial charge < -0.3 is 35.1 Å². The summed E-state index contributed by atoms with van der Waals surface area (Å²) < 4.78 is 26.6. The second kappa shape index (κ2) is 11.8. The lowest BCUT2D eigenvalue weighted by molar-refractivity contribution is -0.117. The first kappa shape index (κ1) is 26.8. The molecule has 0 aliphatic heterocycles. The molecule has 0 saturated heterocycles. The van der Waals surface area contributed by atoms with Gasteiger partial charge in [0.2, 0.25) is 11.7 Å². The van der Waals surface area contributed by atoms with Crippen molar-refractivity contribution in [2.75, 3.05) is 33.8 Å². The fraction of sp³-hybridized carbons (Fsp3) is 0.214. The zero-order chi connectivity index (χ0) is 27.2. The highest BCUT2D eigenvalue weighted by atomic mass is 32.1. The number of aromatic nitrogens is 1. The first-order valence-electron chi connectivity index (χ1n) is 11.7. The number of nitrogens with two attached hydrogens (primary N) is 1. The smallest absolute Gasteiger partial charge is 0.241 e. The molecule has 1 heterocycles. The summed E-state index contributed by atoms with van der Waals surface area (Å²) in [7, 11) is 6.22. The van der Waals surface area contributed by atoms with Crippen molar-refractivity contribution in [3.63, 3.8) is 0 Å². The molecule has 198 valence electrons. The van der Waals surface area contributed by atoms with Crippen molar-refractivity contribution in [2.45, 2.75) is 12.5 Å². The summed E-state index contributed by atoms with van der Waals surface area (Å²) in [5.41, 5.74) is 10.7. The molecule has 9 nitrogen and oxygen atoms in total. The molecule has 0 spiro atoms. The van der Waals surface area contributed by atoms with Crippen molar-refractivity contribution in [1.29, 1.82) is 0 Å². The third-order valence-corrected chi connectivity index (χ3v) is 6.63. The summed E-state index contributed by atoms with van der Waals surface area (Å²) in [5, 5.41) is 14.3. The number of benzene rings is 3. The molecule has 0 aliphatic rings. The zero-order valence-corrected chi connectivity index (χ0v) is 22.3. The summed E-state index contributed by atoms with van der Waals surface area (Å²) in [5.74, 6) is 1.83. The molecule has 4 rings (SSSR count). The van der Waals surface area contributed by atoms with Crippen molar-refractivity contribution in [3.8, 4) is 51.1 Å². The van der Waals surface area contributed by atoms with Crippen LogP contribution in [0, 0.1) is 0 Å². The molecule has 1 aromatic heterocycles. The number of amides is 1. The van der Waals surface area contributed by atoms with Gasteiger partial charge in [0.05, 0.1) is 45.9 Å². The van der Waals surface area contributed by atoms with Crippen molar-refractivity contribution in [2.24, 2.45) is 5.73 Å². The number of aromatic hydroxyl groups is 1. The van der Waals surface area contributed by atoms with Crippen molar-refractivity contribution >= 4 is 23.1 Å². The summed E-state index contributed by atoms with van der Waals surface area (Å²) in [6.45, 7) is 0. The van der Waals surface area contributed by atoms with Gasteiger partial charge in [0.25, 0.3) is 0 Å². The minimum absolute atomic E-state index is 0.155. The lowest BCUT2D eigenvalue weighted by Gasteiger charge is -2.16. The Bertz CT molecular complexity index is 1400. The largest absolute Gasteiger partial charge is 0.508 e. The maximum Gasteiger partial charge on any atom is 0.241 e. The molecule has 4 aromatic rings. The SMILES string of the molecule is COc1ccc(-c2csnc2-c2cc(OC)c(OC)c(OC)c2)cc1NC(=O)C(N)Cc1ccc(O)cc1. The number of nitrogens with zero attached hydrogens (tertiary/aromatic N) is 1. The molecule has 10 heteroatoms. The monoisotopic (exact) mass is 535 g/mol. The predicted octanol–water partition coefficient (Wildman–Crippen LogP) is 4.73. The number of phenols is 1. The summed E-state index contributed by atoms with van der Waals surface area (Å²) in [4.78, 5) is 12.9. The van der Waals surface area contributed by atoms with Crippen molar-refractivity contribution in [1.82, 2.24) is 4.37 Å². The number of methoxy groups -OCH3 is 4. The van der Waals surface area contributed by atoms with Gasteiger partial charge in [-0.25, -0.2) is 0 Å². The number of rotatable bonds is 10. The van der Waals surface area contributed by atoms with E-state index < -0.39 is 6.04 Å². The Morgan fingerprint density at radius 3 is 2.18 bits per heavy atom. The molecule has 0 aliphatic carbocycles. The topological polar surface area (TPSA) is 125 Å². The van der Waals surface area contributed by atoms with Gasteiger partial charge >= 0.3 is 0 Å². The number of carbonyl (C=O) groups excluding carboxylic acids is 1. The molecule has 0 fully saturated rings. The van der Waals surface area contributed by atoms with Gasteiger partial charge in [-0.1, -0.05) is 18.2 Å². The molecule has 0 radical (unpaired) electrons. The Morgan fingerprint density at radius 1 is 0.921 bits per heavy atom. The molecular weight excluding hydrogens is 506 g/mol. The predicted molar refractivity (Wildman–Crippen MR) is 148 cm³/mol. The van der Waals surface area contributed by atoms with E-state index in [2.05, 4.69) is 9.69 Å². The second-order valence-corrected chi connectivity index (χ2v) is 9.00. The van der Waals surface area contributed by atoms with Crippen molar-refractivity contribution < 1.29 is 28.8 Å². The van der Waals surface area contributed by atoms with E-state index in [9.17, 15) is 9.90 Å². The van der Waals surface area contributed by atoms with E-state index >= 15 is 0 Å². The number of hydrogen-bond acceptors (Lipinski definition) is 9. The van der Waals surface area contributed by atoms with E-state index in [4.69, 9.17) is 24.7 Å². The summed E-state index contributed by atoms with van der Waals surface area (Å²) in [6, 6.07) is 15.0. The van der Waals surface area contributed by atoms with Gasteiger partial charge in [-0.3, -0.25) is 4.79 Å². The molecule has 0 saturated carbocycles. The highest BCUT2D eigenvalue weighted by Gasteiger charge is 2.20. The van der Waals surface area contributed by atoms with Gasteiger partial charge in [0.15, 0.2) is 11.5 Å². The first-order chi connectivity index (χ1) is 18.4. The summed E-state index contributed by atoms with van der Waals surface area (Å²) in [6.07, 6.45) is 0.313. The van der Waals surface area contributed by atoms with Gasteiger partial charge in [0, 0.05) is 16.5 Å². The van der Waals surface area contributed by atoms with Crippen LogP contribution in [0.15, 0.2) is 60.0 Å². The number of ether oxygens (including phenoxy) is 4. The van der Waals surface area contributed by atoms with E-state index in [1.54, 1.807) is 51.7 Å². The quantitative estimate of drug-likeness (QED) is 0.266. The molecule has 38 heavy (non-hydrogen) atoms. The van der Waals surface area contributed by atoms with Gasteiger partial charge in [0.1, 0.15) is 11.5 Å². The van der Waals surface area contributed by atoms with Crippen LogP contribution < -0.4 is 30.0 Å². The van der Waals surface area contributed by atoms with Crippen LogP contribution in [0.4, 0.5) is 5.69 Å². The van der Waals surface area contributed by atoms with Crippen LogP contribution >= 0.6 is 11.5 Å². The van der Waals surface area contributed by atoms with E-state index in [1.165, 1.54) is 18.6 Å². The average Bonchev–Trinajstić information content (AvgIpc) is 3.43. The van der Waals surface area contributed by atoms with Crippen LogP contribution in [0.3, 0.4) is 0 Å². The molecule has 1 atom stereocenters. The maximum absolute atomic E-state index is 12.9. The number of hydrogen-bond donors (Lipinski definition) is 3. The minimum Gasteiger partial charge on any atom is -0.508 e. The minimum atomic E-state index is -0.800. The van der Waals surface area contributed by atoms with Crippen molar-refractivity contribution in [3.05, 3.63) is 65.5 Å². The Kier molecular flexibility index (Phi) is 8.35. The van der Waals surface area contributed by atoms with Crippen LogP contribution in [0.25, 0.3) is 22.4 Å². The zero-order valence-electron chi connectivity index (χ0n) is 21.5. The lowest BCUT2D eigenvalue weighted by atomic mass is 10.00. The van der Waals surface area contributed by atoms with Crippen LogP contribution in [0.2, 0.25) is 0 Å². The maximum atomic E-state index is 12.9. The normalized spacial score (nSPS) is 11.5. The lowest BCUT2D eigenvalue weighted by Crippen LogP contribution is -2.37. The van der Waals surface area contributed by atoms with Crippen LogP contribution in [-0.4, -0.2) is 49.9 Å². The third-order valence-electron chi connectivity index (χ3n) is 6.00. The second-order valence-electron chi connectivity index (χ2n) is 8.37. The molecule has 0 bridgehead atoms. The van der Waals surface area contributed by atoms with Gasteiger partial charge in [-0.15, -0.1) is 0 Å². The molecule has 1 unspecified atom stereocenters. The van der Waals surface area contributed by atoms with Crippen LogP contribution in [-0.2, 0) is 11.2 Å². The Hall–Kier alpha value is -4.28. The first-order valence-corrected chi connectivity index (χ1v) is 12.5. The van der Waals surface area contributed by atoms with E-state index in [0.717, 1.165) is 27.9 Å². The molecular formula is C28H29N3O6S. The van der Waals surface area contributed by atoms with E-state index in [0.29, 0.717) is 35.1 Å². The number of nitrogens with one attached hydrogen (secondary N) is 1. The standard InChI is InChI=1S/C28H29N3O6S/c1-34-23-10-7-17(12-22(23)30-28(33)21(29)11-16-5-8-19(32)9-6-16)20-15-38-31-26(20)18-13-24(35-2)27(37-4)25(14-18)36-3/h5-10,12-15,21,32H,11,29H2,1-4H3,(H,30,33). The number of phenolic OH excluding ortho intramolecular Hbond substituents is 1. The Balaban J connectivity index is 1.64. The van der Waals surface area contributed by atoms with E-state index in [-0.39, 0.29) is 11.7 Å². The average molecular weight is 536 g/mol. The Morgan fingerprint density at radius 2 is 1.58 bits per heavy atom. The number of anilines is 1. The summed E-state index contributed by atoms with van der Waals surface area (Å²) >= 11 is 1.31. The van der Waals surface area contributed by atoms with Gasteiger partial charge in [-0.05, 0) is 65.5 Å². The van der Waals surface area contributed by atoms with E-state index in [1.807, 2.05) is 29.6 Å². The molecule has 1 amide bonds. The molecule has 3 aromatic carbocycles. The highest BCUT2D eigenvalue weighted by Crippen LogP contribution is 2.44. The highest BCUT2D eigenvalue weighted by molar-refractivity contribution is 7.04. The number of carbonyl (C=O) groups is 1. The van der Waals surface area contributed by atoms with Crippen LogP contribution in [0.5, 0.6) is 28.7 Å². The third kappa shape index (κ3) is 5.66. The molecule has 4 N–H and O–H groups in total. The van der Waals surface area contributed by atoms with Crippen LogP contribution in [0.1, 0.15) is 5.56 Å². The Labute approximate surface area is 224 Å².